The zero-order valence-corrected chi connectivity index (χ0v) is 15.2. The van der Waals surface area contributed by atoms with Gasteiger partial charge in [0.05, 0.1) is 0 Å². The van der Waals surface area contributed by atoms with E-state index in [1.807, 2.05) is 18.2 Å². The third-order valence-corrected chi connectivity index (χ3v) is 3.55. The molecule has 0 bridgehead atoms. The summed E-state index contributed by atoms with van der Waals surface area (Å²) < 4.78 is 0. The number of ketones is 1. The van der Waals surface area contributed by atoms with Crippen LogP contribution in [0.1, 0.15) is 60.5 Å². The molecule has 1 rings (SSSR count). The SMILES string of the molecule is CC(=O)CC(=Cc1ccccc1)C=C(C(C)(C)C)C(C)(C)C. The number of Topliss-reactive ketones (excluding diaryl/α,β-unsaturated/α-hetero) is 1. The minimum atomic E-state index is 0.0742. The van der Waals surface area contributed by atoms with Crippen molar-refractivity contribution in [2.75, 3.05) is 0 Å². The number of rotatable bonds is 4. The molecule has 0 aliphatic carbocycles. The van der Waals surface area contributed by atoms with Gasteiger partial charge in [0.25, 0.3) is 0 Å². The van der Waals surface area contributed by atoms with Crippen molar-refractivity contribution in [1.29, 1.82) is 0 Å². The van der Waals surface area contributed by atoms with Gasteiger partial charge in [-0.05, 0) is 28.9 Å². The van der Waals surface area contributed by atoms with E-state index in [1.54, 1.807) is 6.92 Å². The van der Waals surface area contributed by atoms with E-state index in [0.29, 0.717) is 6.42 Å². The number of hydrogen-bond acceptors (Lipinski definition) is 1. The number of benzene rings is 1. The molecule has 0 fully saturated rings. The topological polar surface area (TPSA) is 17.1 Å². The van der Waals surface area contributed by atoms with Gasteiger partial charge in [0.2, 0.25) is 0 Å². The predicted octanol–water partition coefficient (Wildman–Crippen LogP) is 6.07. The number of allylic oxidation sites excluding steroid dienone is 3. The summed E-state index contributed by atoms with van der Waals surface area (Å²) in [5, 5.41) is 0. The lowest BCUT2D eigenvalue weighted by Gasteiger charge is -2.34. The van der Waals surface area contributed by atoms with E-state index in [0.717, 1.165) is 11.1 Å². The van der Waals surface area contributed by atoms with E-state index in [1.165, 1.54) is 5.57 Å². The Hall–Kier alpha value is -1.63. The van der Waals surface area contributed by atoms with Crippen LogP contribution in [0.15, 0.2) is 47.6 Å². The molecular formula is C21H30O. The Morgan fingerprint density at radius 1 is 0.955 bits per heavy atom. The maximum absolute atomic E-state index is 11.7. The van der Waals surface area contributed by atoms with Gasteiger partial charge in [-0.2, -0.15) is 0 Å². The maximum atomic E-state index is 11.7. The van der Waals surface area contributed by atoms with Crippen molar-refractivity contribution in [3.8, 4) is 0 Å². The number of carbonyl (C=O) groups excluding carboxylic acids is 1. The molecular weight excluding hydrogens is 268 g/mol. The lowest BCUT2D eigenvalue weighted by atomic mass is 9.71. The van der Waals surface area contributed by atoms with Crippen LogP contribution in [0.2, 0.25) is 0 Å². The molecule has 120 valence electrons. The first kappa shape index (κ1) is 18.4. The predicted molar refractivity (Wildman–Crippen MR) is 96.7 cm³/mol. The average Bonchev–Trinajstić information content (AvgIpc) is 2.33. The zero-order chi connectivity index (χ0) is 17.0. The molecule has 0 unspecified atom stereocenters. The van der Waals surface area contributed by atoms with Crippen molar-refractivity contribution in [3.05, 3.63) is 53.1 Å². The van der Waals surface area contributed by atoms with Crippen LogP contribution >= 0.6 is 0 Å². The quantitative estimate of drug-likeness (QED) is 0.617. The largest absolute Gasteiger partial charge is 0.300 e. The first-order valence-corrected chi connectivity index (χ1v) is 7.98. The third-order valence-electron chi connectivity index (χ3n) is 3.55. The highest BCUT2D eigenvalue weighted by Gasteiger charge is 2.28. The van der Waals surface area contributed by atoms with Crippen molar-refractivity contribution in [1.82, 2.24) is 0 Å². The van der Waals surface area contributed by atoms with Gasteiger partial charge in [-0.25, -0.2) is 0 Å². The van der Waals surface area contributed by atoms with Gasteiger partial charge in [-0.1, -0.05) is 89.6 Å². The first-order chi connectivity index (χ1) is 10.00. The van der Waals surface area contributed by atoms with Gasteiger partial charge in [0.15, 0.2) is 0 Å². The van der Waals surface area contributed by atoms with E-state index in [2.05, 4.69) is 65.8 Å². The molecule has 0 aromatic heterocycles. The van der Waals surface area contributed by atoms with E-state index in [4.69, 9.17) is 0 Å². The Bertz CT molecular complexity index is 544. The molecule has 0 amide bonds. The van der Waals surface area contributed by atoms with Crippen LogP contribution < -0.4 is 0 Å². The summed E-state index contributed by atoms with van der Waals surface area (Å²) >= 11 is 0. The fraction of sp³-hybridized carbons (Fsp3) is 0.476. The molecule has 0 N–H and O–H groups in total. The van der Waals surface area contributed by atoms with Crippen molar-refractivity contribution in [3.63, 3.8) is 0 Å². The molecule has 0 heterocycles. The van der Waals surface area contributed by atoms with Gasteiger partial charge in [0.1, 0.15) is 5.78 Å². The fourth-order valence-corrected chi connectivity index (χ4v) is 2.94. The van der Waals surface area contributed by atoms with Crippen LogP contribution in [0.25, 0.3) is 6.08 Å². The summed E-state index contributed by atoms with van der Waals surface area (Å²) in [6.45, 7) is 15.1. The molecule has 1 nitrogen and oxygen atoms in total. The molecule has 0 atom stereocenters. The summed E-state index contributed by atoms with van der Waals surface area (Å²) in [7, 11) is 0. The van der Waals surface area contributed by atoms with Crippen molar-refractivity contribution in [2.24, 2.45) is 10.8 Å². The molecule has 1 heteroatoms. The Morgan fingerprint density at radius 3 is 1.86 bits per heavy atom. The van der Waals surface area contributed by atoms with Crippen LogP contribution in [0.4, 0.5) is 0 Å². The molecule has 0 aliphatic rings. The van der Waals surface area contributed by atoms with Gasteiger partial charge in [-0.3, -0.25) is 4.79 Å². The van der Waals surface area contributed by atoms with E-state index >= 15 is 0 Å². The molecule has 1 aromatic rings. The molecule has 0 aliphatic heterocycles. The summed E-state index contributed by atoms with van der Waals surface area (Å²) in [5.41, 5.74) is 3.73. The minimum absolute atomic E-state index is 0.0742. The third kappa shape index (κ3) is 6.01. The highest BCUT2D eigenvalue weighted by molar-refractivity contribution is 5.80. The number of carbonyl (C=O) groups is 1. The van der Waals surface area contributed by atoms with Gasteiger partial charge >= 0.3 is 0 Å². The smallest absolute Gasteiger partial charge is 0.134 e. The minimum Gasteiger partial charge on any atom is -0.300 e. The Kier molecular flexibility index (Phi) is 5.93. The number of hydrogen-bond donors (Lipinski definition) is 0. The molecule has 1 aromatic carbocycles. The van der Waals surface area contributed by atoms with Crippen LogP contribution in [0.5, 0.6) is 0 Å². The lowest BCUT2D eigenvalue weighted by Crippen LogP contribution is -2.22. The summed E-state index contributed by atoms with van der Waals surface area (Å²) in [5.74, 6) is 0.195. The molecule has 0 saturated heterocycles. The lowest BCUT2D eigenvalue weighted by molar-refractivity contribution is -0.116. The standard InChI is InChI=1S/C21H30O/c1-16(22)13-18(14-17-11-9-8-10-12-17)15-19(20(2,3)4)21(5,6)7/h8-12,14-15H,13H2,1-7H3. The Morgan fingerprint density at radius 2 is 1.45 bits per heavy atom. The molecule has 0 spiro atoms. The second kappa shape index (κ2) is 7.09. The van der Waals surface area contributed by atoms with Crippen LogP contribution in [0.3, 0.4) is 0 Å². The summed E-state index contributed by atoms with van der Waals surface area (Å²) in [6.07, 6.45) is 4.83. The van der Waals surface area contributed by atoms with Gasteiger partial charge in [0, 0.05) is 6.42 Å². The zero-order valence-electron chi connectivity index (χ0n) is 15.2. The van der Waals surface area contributed by atoms with Crippen LogP contribution in [-0.4, -0.2) is 5.78 Å². The second-order valence-electron chi connectivity index (χ2n) is 8.07. The molecule has 0 saturated carbocycles. The molecule has 22 heavy (non-hydrogen) atoms. The van der Waals surface area contributed by atoms with Crippen LogP contribution in [0, 0.1) is 10.8 Å². The average molecular weight is 298 g/mol. The Labute approximate surface area is 136 Å². The summed E-state index contributed by atoms with van der Waals surface area (Å²) in [6, 6.07) is 10.2. The monoisotopic (exact) mass is 298 g/mol. The van der Waals surface area contributed by atoms with Crippen molar-refractivity contribution < 1.29 is 4.79 Å². The highest BCUT2D eigenvalue weighted by Crippen LogP contribution is 2.40. The summed E-state index contributed by atoms with van der Waals surface area (Å²) in [4.78, 5) is 11.7. The van der Waals surface area contributed by atoms with E-state index in [9.17, 15) is 4.79 Å². The maximum Gasteiger partial charge on any atom is 0.134 e. The highest BCUT2D eigenvalue weighted by atomic mass is 16.1. The van der Waals surface area contributed by atoms with E-state index in [-0.39, 0.29) is 16.6 Å². The van der Waals surface area contributed by atoms with Gasteiger partial charge in [-0.15, -0.1) is 0 Å². The normalized spacial score (nSPS) is 13.0. The fourth-order valence-electron chi connectivity index (χ4n) is 2.94. The van der Waals surface area contributed by atoms with Gasteiger partial charge < -0.3 is 0 Å². The van der Waals surface area contributed by atoms with Crippen molar-refractivity contribution >= 4 is 11.9 Å². The molecule has 0 radical (unpaired) electrons. The van der Waals surface area contributed by atoms with E-state index < -0.39 is 0 Å². The Balaban J connectivity index is 3.35. The van der Waals surface area contributed by atoms with Crippen LogP contribution in [-0.2, 0) is 4.79 Å². The van der Waals surface area contributed by atoms with Crippen molar-refractivity contribution in [2.45, 2.75) is 54.9 Å². The first-order valence-electron chi connectivity index (χ1n) is 7.98. The second-order valence-corrected chi connectivity index (χ2v) is 8.07.